The maximum Gasteiger partial charge on any atom is 0.0558 e. The molecular weight excluding hydrogens is 250 g/mol. The number of hydrogen-bond donors (Lipinski definition) is 2. The summed E-state index contributed by atoms with van der Waals surface area (Å²) in [4.78, 5) is 4.66. The monoisotopic (exact) mass is 269 g/mol. The Morgan fingerprint density at radius 2 is 1.83 bits per heavy atom. The zero-order valence-electron chi connectivity index (χ0n) is 10.5. The van der Waals surface area contributed by atoms with Crippen LogP contribution in [0.2, 0.25) is 5.02 Å². The van der Waals surface area contributed by atoms with E-state index in [2.05, 4.69) is 9.80 Å². The molecular formula is C13H20ClN3O. The van der Waals surface area contributed by atoms with Gasteiger partial charge in [0, 0.05) is 50.0 Å². The smallest absolute Gasteiger partial charge is 0.0558 e. The minimum atomic E-state index is 0.240. The molecule has 1 aromatic carbocycles. The van der Waals surface area contributed by atoms with Crippen LogP contribution in [-0.2, 0) is 6.54 Å². The maximum atomic E-state index is 8.90. The number of rotatable bonds is 4. The highest BCUT2D eigenvalue weighted by molar-refractivity contribution is 6.31. The average Bonchev–Trinajstić information content (AvgIpc) is 2.35. The molecule has 5 heteroatoms. The summed E-state index contributed by atoms with van der Waals surface area (Å²) < 4.78 is 0. The van der Waals surface area contributed by atoms with Crippen LogP contribution in [0.1, 0.15) is 5.56 Å². The van der Waals surface area contributed by atoms with Crippen LogP contribution in [0.15, 0.2) is 18.2 Å². The van der Waals surface area contributed by atoms with Gasteiger partial charge in [0.25, 0.3) is 0 Å². The lowest BCUT2D eigenvalue weighted by Gasteiger charge is -2.34. The summed E-state index contributed by atoms with van der Waals surface area (Å²) >= 11 is 6.18. The third kappa shape index (κ3) is 3.59. The normalized spacial score (nSPS) is 18.1. The summed E-state index contributed by atoms with van der Waals surface area (Å²) in [6.07, 6.45) is 0. The Bertz CT molecular complexity index is 392. The highest BCUT2D eigenvalue weighted by atomic mass is 35.5. The molecule has 1 aliphatic rings. The number of piperazine rings is 1. The second-order valence-electron chi connectivity index (χ2n) is 4.69. The molecule has 0 unspecified atom stereocenters. The van der Waals surface area contributed by atoms with Crippen molar-refractivity contribution in [3.8, 4) is 0 Å². The predicted octanol–water partition coefficient (Wildman–Crippen LogP) is 1.03. The number of aliphatic hydroxyl groups is 1. The number of halogens is 1. The number of aliphatic hydroxyl groups excluding tert-OH is 1. The molecule has 0 saturated carbocycles. The van der Waals surface area contributed by atoms with Crippen LogP contribution in [-0.4, -0.2) is 54.2 Å². The van der Waals surface area contributed by atoms with Crippen LogP contribution >= 0.6 is 11.6 Å². The number of nitrogens with zero attached hydrogens (tertiary/aromatic N) is 2. The lowest BCUT2D eigenvalue weighted by atomic mass is 10.2. The lowest BCUT2D eigenvalue weighted by molar-refractivity contribution is 0.108. The standard InChI is InChI=1S/C13H20ClN3O/c14-13-9-12(15)2-1-11(13)10-17-5-3-16(4-6-17)7-8-18/h1-2,9,18H,3-8,10,15H2. The lowest BCUT2D eigenvalue weighted by Crippen LogP contribution is -2.46. The number of β-amino-alcohol motifs (C(OH)–C–C–N with tert-alkyl or cyclic N) is 1. The molecule has 1 fully saturated rings. The number of anilines is 1. The summed E-state index contributed by atoms with van der Waals surface area (Å²) in [5.74, 6) is 0. The van der Waals surface area contributed by atoms with Crippen LogP contribution in [0.3, 0.4) is 0 Å². The zero-order chi connectivity index (χ0) is 13.0. The molecule has 18 heavy (non-hydrogen) atoms. The van der Waals surface area contributed by atoms with Gasteiger partial charge in [0.2, 0.25) is 0 Å². The number of hydrogen-bond acceptors (Lipinski definition) is 4. The van der Waals surface area contributed by atoms with E-state index in [1.807, 2.05) is 12.1 Å². The van der Waals surface area contributed by atoms with Gasteiger partial charge in [-0.2, -0.15) is 0 Å². The van der Waals surface area contributed by atoms with Crippen LogP contribution in [0.25, 0.3) is 0 Å². The Morgan fingerprint density at radius 3 is 2.44 bits per heavy atom. The van der Waals surface area contributed by atoms with Crippen molar-refractivity contribution in [1.82, 2.24) is 9.80 Å². The van der Waals surface area contributed by atoms with E-state index in [1.54, 1.807) is 6.07 Å². The van der Waals surface area contributed by atoms with Crippen LogP contribution in [0.4, 0.5) is 5.69 Å². The zero-order valence-corrected chi connectivity index (χ0v) is 11.2. The van der Waals surface area contributed by atoms with Gasteiger partial charge < -0.3 is 10.8 Å². The van der Waals surface area contributed by atoms with Gasteiger partial charge in [0.05, 0.1) is 6.61 Å². The first-order chi connectivity index (χ1) is 8.69. The Hall–Kier alpha value is -0.810. The van der Waals surface area contributed by atoms with E-state index in [0.29, 0.717) is 5.69 Å². The fourth-order valence-corrected chi connectivity index (χ4v) is 2.49. The third-order valence-electron chi connectivity index (χ3n) is 3.35. The quantitative estimate of drug-likeness (QED) is 0.802. The van der Waals surface area contributed by atoms with E-state index >= 15 is 0 Å². The highest BCUT2D eigenvalue weighted by Gasteiger charge is 2.17. The minimum Gasteiger partial charge on any atom is -0.399 e. The first-order valence-electron chi connectivity index (χ1n) is 6.28. The van der Waals surface area contributed by atoms with Crippen molar-refractivity contribution in [3.63, 3.8) is 0 Å². The Balaban J connectivity index is 1.87. The van der Waals surface area contributed by atoms with Crippen molar-refractivity contribution < 1.29 is 5.11 Å². The van der Waals surface area contributed by atoms with Crippen molar-refractivity contribution in [2.45, 2.75) is 6.54 Å². The molecule has 0 atom stereocenters. The molecule has 0 bridgehead atoms. The molecule has 4 nitrogen and oxygen atoms in total. The molecule has 1 aliphatic heterocycles. The molecule has 1 aromatic rings. The summed E-state index contributed by atoms with van der Waals surface area (Å²) in [6.45, 7) is 5.92. The van der Waals surface area contributed by atoms with Crippen molar-refractivity contribution in [2.75, 3.05) is 45.1 Å². The number of benzene rings is 1. The Kier molecular flexibility index (Phi) is 4.83. The van der Waals surface area contributed by atoms with Gasteiger partial charge in [-0.15, -0.1) is 0 Å². The van der Waals surface area contributed by atoms with Crippen LogP contribution in [0, 0.1) is 0 Å². The molecule has 3 N–H and O–H groups in total. The molecule has 100 valence electrons. The van der Waals surface area contributed by atoms with Crippen molar-refractivity contribution in [1.29, 1.82) is 0 Å². The second-order valence-corrected chi connectivity index (χ2v) is 5.10. The molecule has 0 spiro atoms. The van der Waals surface area contributed by atoms with E-state index in [9.17, 15) is 0 Å². The summed E-state index contributed by atoms with van der Waals surface area (Å²) in [6, 6.07) is 5.69. The molecule has 2 rings (SSSR count). The Labute approximate surface area is 113 Å². The highest BCUT2D eigenvalue weighted by Crippen LogP contribution is 2.21. The summed E-state index contributed by atoms with van der Waals surface area (Å²) in [5.41, 5.74) is 7.52. The van der Waals surface area contributed by atoms with E-state index in [-0.39, 0.29) is 6.61 Å². The summed E-state index contributed by atoms with van der Waals surface area (Å²) in [5, 5.41) is 9.64. The van der Waals surface area contributed by atoms with Gasteiger partial charge in [-0.3, -0.25) is 9.80 Å². The van der Waals surface area contributed by atoms with E-state index < -0.39 is 0 Å². The number of nitrogen functional groups attached to an aromatic ring is 1. The number of nitrogens with two attached hydrogens (primary N) is 1. The van der Waals surface area contributed by atoms with Crippen molar-refractivity contribution in [2.24, 2.45) is 0 Å². The van der Waals surface area contributed by atoms with Gasteiger partial charge in [0.1, 0.15) is 0 Å². The Morgan fingerprint density at radius 1 is 1.17 bits per heavy atom. The van der Waals surface area contributed by atoms with Crippen molar-refractivity contribution in [3.05, 3.63) is 28.8 Å². The third-order valence-corrected chi connectivity index (χ3v) is 3.70. The fourth-order valence-electron chi connectivity index (χ4n) is 2.25. The van der Waals surface area contributed by atoms with Gasteiger partial charge in [-0.05, 0) is 17.7 Å². The van der Waals surface area contributed by atoms with E-state index in [4.69, 9.17) is 22.4 Å². The largest absolute Gasteiger partial charge is 0.399 e. The van der Waals surface area contributed by atoms with Crippen LogP contribution < -0.4 is 5.73 Å². The SMILES string of the molecule is Nc1ccc(CN2CCN(CCO)CC2)c(Cl)c1. The fraction of sp³-hybridized carbons (Fsp3) is 0.538. The van der Waals surface area contributed by atoms with Gasteiger partial charge >= 0.3 is 0 Å². The van der Waals surface area contributed by atoms with Crippen molar-refractivity contribution >= 4 is 17.3 Å². The van der Waals surface area contributed by atoms with E-state index in [0.717, 1.165) is 49.9 Å². The van der Waals surface area contributed by atoms with Gasteiger partial charge in [-0.25, -0.2) is 0 Å². The first kappa shape index (κ1) is 13.6. The molecule has 0 aromatic heterocycles. The molecule has 0 radical (unpaired) electrons. The molecule has 0 aliphatic carbocycles. The second kappa shape index (κ2) is 6.38. The average molecular weight is 270 g/mol. The molecule has 1 saturated heterocycles. The van der Waals surface area contributed by atoms with Crippen LogP contribution in [0.5, 0.6) is 0 Å². The van der Waals surface area contributed by atoms with Gasteiger partial charge in [0.15, 0.2) is 0 Å². The topological polar surface area (TPSA) is 52.7 Å². The first-order valence-corrected chi connectivity index (χ1v) is 6.66. The predicted molar refractivity (Wildman–Crippen MR) is 74.7 cm³/mol. The summed E-state index contributed by atoms with van der Waals surface area (Å²) in [7, 11) is 0. The molecule has 1 heterocycles. The van der Waals surface area contributed by atoms with Gasteiger partial charge in [-0.1, -0.05) is 17.7 Å². The molecule has 0 amide bonds. The minimum absolute atomic E-state index is 0.240. The van der Waals surface area contributed by atoms with E-state index in [1.165, 1.54) is 0 Å². The maximum absolute atomic E-state index is 8.90.